The van der Waals surface area contributed by atoms with Crippen molar-refractivity contribution in [2.45, 2.75) is 25.3 Å². The standard InChI is InChI=1S/C11H12F3NO3/c1-5-4-6(8(16)9(17)10(15)18)2-3-7(5)11(12,13)14/h2-4,8-9,16-17H,1H3,(H2,15,18). The molecule has 4 nitrogen and oxygen atoms in total. The highest BCUT2D eigenvalue weighted by molar-refractivity contribution is 5.79. The van der Waals surface area contributed by atoms with E-state index in [1.165, 1.54) is 6.92 Å². The van der Waals surface area contributed by atoms with Crippen molar-refractivity contribution in [3.05, 3.63) is 34.9 Å². The van der Waals surface area contributed by atoms with Gasteiger partial charge in [-0.15, -0.1) is 0 Å². The van der Waals surface area contributed by atoms with Crippen LogP contribution >= 0.6 is 0 Å². The summed E-state index contributed by atoms with van der Waals surface area (Å²) in [5.41, 5.74) is 3.82. The molecule has 18 heavy (non-hydrogen) atoms. The van der Waals surface area contributed by atoms with Crippen molar-refractivity contribution >= 4 is 5.91 Å². The van der Waals surface area contributed by atoms with Gasteiger partial charge in [-0.1, -0.05) is 12.1 Å². The first-order valence-electron chi connectivity index (χ1n) is 4.97. The first-order valence-corrected chi connectivity index (χ1v) is 4.97. The molecule has 2 atom stereocenters. The quantitative estimate of drug-likeness (QED) is 0.757. The minimum absolute atomic E-state index is 0.00759. The second-order valence-corrected chi connectivity index (χ2v) is 3.86. The van der Waals surface area contributed by atoms with Crippen LogP contribution in [0.4, 0.5) is 13.2 Å². The zero-order valence-electron chi connectivity index (χ0n) is 9.40. The summed E-state index contributed by atoms with van der Waals surface area (Å²) in [4.78, 5) is 10.7. The van der Waals surface area contributed by atoms with Gasteiger partial charge in [-0.3, -0.25) is 4.79 Å². The van der Waals surface area contributed by atoms with E-state index in [1.54, 1.807) is 0 Å². The van der Waals surface area contributed by atoms with Crippen LogP contribution in [0.25, 0.3) is 0 Å². The number of aryl methyl sites for hydroxylation is 1. The molecule has 1 amide bonds. The molecule has 1 aromatic carbocycles. The fourth-order valence-corrected chi connectivity index (χ4v) is 1.53. The maximum atomic E-state index is 12.5. The smallest absolute Gasteiger partial charge is 0.385 e. The number of hydrogen-bond donors (Lipinski definition) is 3. The number of amides is 1. The van der Waals surface area contributed by atoms with E-state index in [9.17, 15) is 28.2 Å². The monoisotopic (exact) mass is 263 g/mol. The van der Waals surface area contributed by atoms with E-state index in [-0.39, 0.29) is 11.1 Å². The Morgan fingerprint density at radius 2 is 1.89 bits per heavy atom. The Hall–Kier alpha value is -1.60. The van der Waals surface area contributed by atoms with Crippen LogP contribution in [0.1, 0.15) is 22.8 Å². The summed E-state index contributed by atoms with van der Waals surface area (Å²) in [7, 11) is 0. The lowest BCUT2D eigenvalue weighted by atomic mass is 9.98. The number of aliphatic hydroxyl groups is 2. The van der Waals surface area contributed by atoms with Crippen LogP contribution in [0.3, 0.4) is 0 Å². The lowest BCUT2D eigenvalue weighted by molar-refractivity contribution is -0.138. The lowest BCUT2D eigenvalue weighted by Gasteiger charge is -2.17. The van der Waals surface area contributed by atoms with Crippen molar-refractivity contribution in [3.63, 3.8) is 0 Å². The first-order chi connectivity index (χ1) is 8.14. The van der Waals surface area contributed by atoms with Gasteiger partial charge in [0.15, 0.2) is 6.10 Å². The second-order valence-electron chi connectivity index (χ2n) is 3.86. The summed E-state index contributed by atoms with van der Waals surface area (Å²) in [6.45, 7) is 1.22. The van der Waals surface area contributed by atoms with Crippen LogP contribution in [-0.2, 0) is 11.0 Å². The molecule has 0 bridgehead atoms. The number of rotatable bonds is 3. The molecule has 0 aliphatic rings. The number of benzene rings is 1. The molecule has 0 aliphatic carbocycles. The van der Waals surface area contributed by atoms with E-state index >= 15 is 0 Å². The molecule has 0 heterocycles. The van der Waals surface area contributed by atoms with E-state index in [0.717, 1.165) is 18.2 Å². The Balaban J connectivity index is 3.08. The lowest BCUT2D eigenvalue weighted by Crippen LogP contribution is -2.33. The Morgan fingerprint density at radius 3 is 2.28 bits per heavy atom. The van der Waals surface area contributed by atoms with Crippen molar-refractivity contribution < 1.29 is 28.2 Å². The second kappa shape index (κ2) is 4.95. The van der Waals surface area contributed by atoms with E-state index in [4.69, 9.17) is 5.73 Å². The summed E-state index contributed by atoms with van der Waals surface area (Å²) >= 11 is 0. The van der Waals surface area contributed by atoms with Gasteiger partial charge in [-0.2, -0.15) is 13.2 Å². The fourth-order valence-electron chi connectivity index (χ4n) is 1.53. The van der Waals surface area contributed by atoms with Gasteiger partial charge in [0.05, 0.1) is 5.56 Å². The average molecular weight is 263 g/mol. The molecule has 0 aliphatic heterocycles. The van der Waals surface area contributed by atoms with E-state index < -0.39 is 29.9 Å². The number of nitrogens with two attached hydrogens (primary N) is 1. The number of carbonyl (C=O) groups excluding carboxylic acids is 1. The van der Waals surface area contributed by atoms with Crippen LogP contribution in [0.15, 0.2) is 18.2 Å². The summed E-state index contributed by atoms with van der Waals surface area (Å²) in [6.07, 6.45) is -8.00. The number of aliphatic hydroxyl groups excluding tert-OH is 2. The van der Waals surface area contributed by atoms with Gasteiger partial charge in [0, 0.05) is 0 Å². The maximum Gasteiger partial charge on any atom is 0.416 e. The summed E-state index contributed by atoms with van der Waals surface area (Å²) < 4.78 is 37.4. The number of carbonyl (C=O) groups is 1. The van der Waals surface area contributed by atoms with Gasteiger partial charge in [0.25, 0.3) is 0 Å². The molecule has 0 spiro atoms. The van der Waals surface area contributed by atoms with Crippen LogP contribution in [0.2, 0.25) is 0 Å². The minimum atomic E-state index is -4.49. The van der Waals surface area contributed by atoms with Gasteiger partial charge < -0.3 is 15.9 Å². The van der Waals surface area contributed by atoms with Gasteiger partial charge in [0.2, 0.25) is 5.91 Å². The van der Waals surface area contributed by atoms with Crippen molar-refractivity contribution in [1.29, 1.82) is 0 Å². The highest BCUT2D eigenvalue weighted by Crippen LogP contribution is 2.33. The number of halogens is 3. The van der Waals surface area contributed by atoms with Crippen molar-refractivity contribution in [2.24, 2.45) is 5.73 Å². The van der Waals surface area contributed by atoms with Gasteiger partial charge >= 0.3 is 6.18 Å². The molecule has 2 unspecified atom stereocenters. The predicted octanol–water partition coefficient (Wildman–Crippen LogP) is 0.893. The molecule has 0 saturated carbocycles. The first kappa shape index (κ1) is 14.5. The van der Waals surface area contributed by atoms with E-state index in [1.807, 2.05) is 0 Å². The van der Waals surface area contributed by atoms with Crippen LogP contribution in [0.5, 0.6) is 0 Å². The Bertz CT molecular complexity index is 459. The molecule has 1 rings (SSSR count). The normalized spacial score (nSPS) is 15.2. The zero-order chi connectivity index (χ0) is 14.1. The third-order valence-electron chi connectivity index (χ3n) is 2.49. The maximum absolute atomic E-state index is 12.5. The summed E-state index contributed by atoms with van der Waals surface area (Å²) in [5.74, 6) is -1.15. The number of primary amides is 1. The van der Waals surface area contributed by atoms with Crippen LogP contribution in [0, 0.1) is 6.92 Å². The molecule has 100 valence electrons. The summed E-state index contributed by atoms with van der Waals surface area (Å²) in [6, 6.07) is 2.83. The largest absolute Gasteiger partial charge is 0.416 e. The average Bonchev–Trinajstić information content (AvgIpc) is 2.24. The molecule has 0 fully saturated rings. The topological polar surface area (TPSA) is 83.6 Å². The zero-order valence-corrected chi connectivity index (χ0v) is 9.40. The Labute approximate surface area is 101 Å². The molecule has 1 aromatic rings. The SMILES string of the molecule is Cc1cc(C(O)C(O)C(N)=O)ccc1C(F)(F)F. The van der Waals surface area contributed by atoms with E-state index in [2.05, 4.69) is 0 Å². The highest BCUT2D eigenvalue weighted by Gasteiger charge is 2.33. The molecule has 0 radical (unpaired) electrons. The molecule has 0 saturated heterocycles. The molecule has 4 N–H and O–H groups in total. The third kappa shape index (κ3) is 2.99. The number of hydrogen-bond acceptors (Lipinski definition) is 3. The molecule has 7 heteroatoms. The van der Waals surface area contributed by atoms with Crippen molar-refractivity contribution in [1.82, 2.24) is 0 Å². The fraction of sp³-hybridized carbons (Fsp3) is 0.364. The highest BCUT2D eigenvalue weighted by atomic mass is 19.4. The molecular formula is C11H12F3NO3. The van der Waals surface area contributed by atoms with Crippen molar-refractivity contribution in [3.8, 4) is 0 Å². The van der Waals surface area contributed by atoms with Gasteiger partial charge in [-0.25, -0.2) is 0 Å². The Kier molecular flexibility index (Phi) is 3.98. The Morgan fingerprint density at radius 1 is 1.33 bits per heavy atom. The van der Waals surface area contributed by atoms with Gasteiger partial charge in [-0.05, 0) is 24.1 Å². The predicted molar refractivity (Wildman–Crippen MR) is 56.3 cm³/mol. The van der Waals surface area contributed by atoms with Crippen LogP contribution in [-0.4, -0.2) is 22.2 Å². The van der Waals surface area contributed by atoms with Crippen molar-refractivity contribution in [2.75, 3.05) is 0 Å². The van der Waals surface area contributed by atoms with Crippen LogP contribution < -0.4 is 5.73 Å². The summed E-state index contributed by atoms with van der Waals surface area (Å²) in [5, 5.41) is 18.8. The molecule has 0 aromatic heterocycles. The molecular weight excluding hydrogens is 251 g/mol. The third-order valence-corrected chi connectivity index (χ3v) is 2.49. The minimum Gasteiger partial charge on any atom is -0.385 e. The van der Waals surface area contributed by atoms with Gasteiger partial charge in [0.1, 0.15) is 6.10 Å². The number of alkyl halides is 3. The van der Waals surface area contributed by atoms with E-state index in [0.29, 0.717) is 0 Å².